The van der Waals surface area contributed by atoms with Crippen LogP contribution in [-0.4, -0.2) is 49.8 Å². The Kier molecular flexibility index (Phi) is 6.47. The van der Waals surface area contributed by atoms with Gasteiger partial charge in [0, 0.05) is 61.3 Å². The highest BCUT2D eigenvalue weighted by molar-refractivity contribution is 6.33. The van der Waals surface area contributed by atoms with Crippen LogP contribution in [0.3, 0.4) is 0 Å². The summed E-state index contributed by atoms with van der Waals surface area (Å²) in [5.41, 5.74) is 4.92. The topological polar surface area (TPSA) is 88.8 Å². The van der Waals surface area contributed by atoms with Crippen LogP contribution in [0.1, 0.15) is 23.2 Å². The fraction of sp³-hybridized carbons (Fsp3) is 0.207. The second-order valence-electron chi connectivity index (χ2n) is 9.45. The minimum absolute atomic E-state index is 0.104. The van der Waals surface area contributed by atoms with E-state index in [0.717, 1.165) is 65.2 Å². The first-order valence-corrected chi connectivity index (χ1v) is 12.9. The molecule has 1 amide bonds. The van der Waals surface area contributed by atoms with Gasteiger partial charge in [-0.1, -0.05) is 23.7 Å². The normalized spacial score (nSPS) is 14.1. The van der Waals surface area contributed by atoms with Crippen molar-refractivity contribution in [3.63, 3.8) is 0 Å². The standard InChI is InChI=1S/C29H26ClN7O/c1-36-18-20(17-33-36)25-15-26-23(6-4-12-31-26)28(35-25)19-8-9-27(32-16-19)37-13-10-21(11-14-37)34-29(38)22-5-2-3-7-24(22)30/h2-9,12,15-18,21H,10-11,13-14H2,1H3,(H,34,38). The third-order valence-corrected chi connectivity index (χ3v) is 7.22. The number of aryl methyl sites for hydroxylation is 1. The Balaban J connectivity index is 1.18. The molecule has 1 aromatic carbocycles. The largest absolute Gasteiger partial charge is 0.356 e. The number of rotatable bonds is 5. The van der Waals surface area contributed by atoms with Crippen molar-refractivity contribution in [2.24, 2.45) is 7.05 Å². The number of piperidine rings is 1. The molecule has 0 spiro atoms. The molecule has 0 radical (unpaired) electrons. The Morgan fingerprint density at radius 2 is 1.84 bits per heavy atom. The lowest BCUT2D eigenvalue weighted by atomic mass is 10.0. The highest BCUT2D eigenvalue weighted by Gasteiger charge is 2.23. The number of hydrogen-bond acceptors (Lipinski definition) is 6. The first kappa shape index (κ1) is 24.1. The van der Waals surface area contributed by atoms with Gasteiger partial charge in [0.15, 0.2) is 0 Å². The SMILES string of the molecule is Cn1cc(-c2cc3ncccc3c(-c3ccc(N4CCC(NC(=O)c5ccccc5Cl)CC4)nc3)n2)cn1. The van der Waals surface area contributed by atoms with E-state index in [1.165, 1.54) is 0 Å². The van der Waals surface area contributed by atoms with Crippen molar-refractivity contribution >= 4 is 34.2 Å². The van der Waals surface area contributed by atoms with Gasteiger partial charge in [-0.15, -0.1) is 0 Å². The summed E-state index contributed by atoms with van der Waals surface area (Å²) in [5.74, 6) is 0.787. The molecule has 1 saturated heterocycles. The van der Waals surface area contributed by atoms with Crippen LogP contribution < -0.4 is 10.2 Å². The predicted octanol–water partition coefficient (Wildman–Crippen LogP) is 5.14. The summed E-state index contributed by atoms with van der Waals surface area (Å²) in [6.45, 7) is 1.61. The zero-order valence-electron chi connectivity index (χ0n) is 20.9. The van der Waals surface area contributed by atoms with E-state index in [-0.39, 0.29) is 11.9 Å². The summed E-state index contributed by atoms with van der Waals surface area (Å²) >= 11 is 6.18. The van der Waals surface area contributed by atoms with Gasteiger partial charge in [-0.05, 0) is 55.3 Å². The van der Waals surface area contributed by atoms with Crippen molar-refractivity contribution < 1.29 is 4.79 Å². The molecule has 6 rings (SSSR count). The fourth-order valence-electron chi connectivity index (χ4n) is 4.87. The molecule has 1 aliphatic heterocycles. The lowest BCUT2D eigenvalue weighted by molar-refractivity contribution is 0.0931. The number of amides is 1. The van der Waals surface area contributed by atoms with Gasteiger partial charge in [-0.2, -0.15) is 5.10 Å². The number of carbonyl (C=O) groups is 1. The van der Waals surface area contributed by atoms with E-state index in [1.54, 1.807) is 23.0 Å². The molecule has 1 aliphatic rings. The lowest BCUT2D eigenvalue weighted by Crippen LogP contribution is -2.45. The van der Waals surface area contributed by atoms with Crippen molar-refractivity contribution in [3.8, 4) is 22.5 Å². The third-order valence-electron chi connectivity index (χ3n) is 6.89. The molecule has 0 unspecified atom stereocenters. The van der Waals surface area contributed by atoms with Crippen molar-refractivity contribution in [2.75, 3.05) is 18.0 Å². The first-order chi connectivity index (χ1) is 18.5. The Bertz CT molecular complexity index is 1610. The van der Waals surface area contributed by atoms with Gasteiger partial charge >= 0.3 is 0 Å². The highest BCUT2D eigenvalue weighted by Crippen LogP contribution is 2.31. The Morgan fingerprint density at radius 1 is 1.00 bits per heavy atom. The molecule has 8 nitrogen and oxygen atoms in total. The number of nitrogens with one attached hydrogen (secondary N) is 1. The zero-order valence-corrected chi connectivity index (χ0v) is 21.6. The molecule has 0 bridgehead atoms. The van der Waals surface area contributed by atoms with Crippen molar-refractivity contribution in [1.82, 2.24) is 30.0 Å². The molecule has 1 N–H and O–H groups in total. The van der Waals surface area contributed by atoms with Crippen LogP contribution >= 0.6 is 11.6 Å². The van der Waals surface area contributed by atoms with Gasteiger partial charge < -0.3 is 10.2 Å². The Hall–Kier alpha value is -4.30. The van der Waals surface area contributed by atoms with Crippen molar-refractivity contribution in [1.29, 1.82) is 0 Å². The van der Waals surface area contributed by atoms with Crippen molar-refractivity contribution in [3.05, 3.63) is 90.0 Å². The average Bonchev–Trinajstić information content (AvgIpc) is 3.39. The number of carbonyl (C=O) groups excluding carboxylic acids is 1. The van der Waals surface area contributed by atoms with E-state index in [2.05, 4.69) is 26.4 Å². The van der Waals surface area contributed by atoms with Crippen LogP contribution in [0.25, 0.3) is 33.4 Å². The van der Waals surface area contributed by atoms with Gasteiger partial charge in [-0.25, -0.2) is 9.97 Å². The molecule has 0 atom stereocenters. The summed E-state index contributed by atoms with van der Waals surface area (Å²) in [5, 5.41) is 8.86. The summed E-state index contributed by atoms with van der Waals surface area (Å²) in [6, 6.07) is 17.3. The van der Waals surface area contributed by atoms with E-state index in [4.69, 9.17) is 21.6 Å². The van der Waals surface area contributed by atoms with E-state index >= 15 is 0 Å². The van der Waals surface area contributed by atoms with E-state index in [9.17, 15) is 4.79 Å². The fourth-order valence-corrected chi connectivity index (χ4v) is 5.09. The number of hydrogen-bond donors (Lipinski definition) is 1. The van der Waals surface area contributed by atoms with E-state index in [0.29, 0.717) is 10.6 Å². The maximum Gasteiger partial charge on any atom is 0.253 e. The molecule has 1 fully saturated rings. The quantitative estimate of drug-likeness (QED) is 0.343. The maximum atomic E-state index is 12.6. The Labute approximate surface area is 225 Å². The van der Waals surface area contributed by atoms with Crippen LogP contribution in [0.5, 0.6) is 0 Å². The number of fused-ring (bicyclic) bond motifs is 1. The minimum atomic E-state index is -0.126. The first-order valence-electron chi connectivity index (χ1n) is 12.6. The monoisotopic (exact) mass is 523 g/mol. The zero-order chi connectivity index (χ0) is 26.1. The third kappa shape index (κ3) is 4.82. The molecule has 190 valence electrons. The summed E-state index contributed by atoms with van der Waals surface area (Å²) in [6.07, 6.45) is 9.10. The van der Waals surface area contributed by atoms with Gasteiger partial charge in [0.2, 0.25) is 0 Å². The number of aromatic nitrogens is 5. The number of nitrogens with zero attached hydrogens (tertiary/aromatic N) is 6. The Morgan fingerprint density at radius 3 is 2.58 bits per heavy atom. The van der Waals surface area contributed by atoms with Crippen molar-refractivity contribution in [2.45, 2.75) is 18.9 Å². The molecule has 5 aromatic rings. The highest BCUT2D eigenvalue weighted by atomic mass is 35.5. The van der Waals surface area contributed by atoms with E-state index in [1.807, 2.05) is 62.0 Å². The van der Waals surface area contributed by atoms with Crippen LogP contribution in [0, 0.1) is 0 Å². The molecular weight excluding hydrogens is 498 g/mol. The van der Waals surface area contributed by atoms with E-state index < -0.39 is 0 Å². The molecule has 38 heavy (non-hydrogen) atoms. The van der Waals surface area contributed by atoms with Crippen LogP contribution in [0.15, 0.2) is 79.4 Å². The number of benzene rings is 1. The van der Waals surface area contributed by atoms with Crippen LogP contribution in [0.2, 0.25) is 5.02 Å². The molecule has 5 heterocycles. The summed E-state index contributed by atoms with van der Waals surface area (Å²) in [4.78, 5) is 29.2. The molecule has 4 aromatic heterocycles. The van der Waals surface area contributed by atoms with Gasteiger partial charge in [0.1, 0.15) is 5.82 Å². The second-order valence-corrected chi connectivity index (χ2v) is 9.86. The maximum absolute atomic E-state index is 12.6. The molecule has 0 aliphatic carbocycles. The number of anilines is 1. The average molecular weight is 524 g/mol. The van der Waals surface area contributed by atoms with Gasteiger partial charge in [0.05, 0.1) is 33.7 Å². The predicted molar refractivity (Wildman–Crippen MR) is 149 cm³/mol. The number of halogens is 1. The molecule has 0 saturated carbocycles. The smallest absolute Gasteiger partial charge is 0.253 e. The molecular formula is C29H26ClN7O. The second kappa shape index (κ2) is 10.2. The van der Waals surface area contributed by atoms with Gasteiger partial charge in [0.25, 0.3) is 5.91 Å². The molecule has 9 heteroatoms. The minimum Gasteiger partial charge on any atom is -0.356 e. The summed E-state index contributed by atoms with van der Waals surface area (Å²) < 4.78 is 1.76. The van der Waals surface area contributed by atoms with Crippen LogP contribution in [0.4, 0.5) is 5.82 Å². The lowest BCUT2D eigenvalue weighted by Gasteiger charge is -2.33. The van der Waals surface area contributed by atoms with Gasteiger partial charge in [-0.3, -0.25) is 14.5 Å². The number of pyridine rings is 3. The summed E-state index contributed by atoms with van der Waals surface area (Å²) in [7, 11) is 1.89. The van der Waals surface area contributed by atoms with Crippen LogP contribution in [-0.2, 0) is 7.05 Å².